The Hall–Kier alpha value is -4.06. The smallest absolute Gasteiger partial charge is 0.254 e. The van der Waals surface area contributed by atoms with Crippen molar-refractivity contribution in [1.82, 2.24) is 19.7 Å². The third kappa shape index (κ3) is 3.36. The monoisotopic (exact) mass is 361 g/mol. The Morgan fingerprint density at radius 3 is 2.74 bits per heavy atom. The number of nitrogen functional groups attached to an aromatic ring is 1. The van der Waals surface area contributed by atoms with E-state index in [-0.39, 0.29) is 12.7 Å². The second kappa shape index (κ2) is 7.05. The van der Waals surface area contributed by atoms with E-state index in [1.54, 1.807) is 17.0 Å². The Bertz CT molecular complexity index is 1010. The Kier molecular flexibility index (Phi) is 4.29. The molecule has 0 fully saturated rings. The molecule has 27 heavy (non-hydrogen) atoms. The van der Waals surface area contributed by atoms with E-state index in [2.05, 4.69) is 15.1 Å². The van der Waals surface area contributed by atoms with E-state index in [1.807, 2.05) is 36.4 Å². The molecule has 4 rings (SSSR count). The molecule has 0 aliphatic carbocycles. The zero-order chi connectivity index (χ0) is 18.6. The van der Waals surface area contributed by atoms with Crippen LogP contribution in [0.3, 0.4) is 0 Å². The highest BCUT2D eigenvalue weighted by molar-refractivity contribution is 5.45. The van der Waals surface area contributed by atoms with Crippen LogP contribution in [0.4, 0.5) is 11.9 Å². The van der Waals surface area contributed by atoms with Crippen LogP contribution >= 0.6 is 0 Å². The molecular formula is C18H15N7O2. The maximum absolute atomic E-state index is 8.90. The summed E-state index contributed by atoms with van der Waals surface area (Å²) in [6.45, 7) is 0.605. The minimum absolute atomic E-state index is 0.133. The van der Waals surface area contributed by atoms with Gasteiger partial charge in [-0.05, 0) is 17.7 Å². The van der Waals surface area contributed by atoms with Crippen LogP contribution < -0.4 is 10.6 Å². The van der Waals surface area contributed by atoms with Crippen LogP contribution in [0, 0.1) is 11.3 Å². The van der Waals surface area contributed by atoms with Gasteiger partial charge in [-0.2, -0.15) is 14.9 Å². The fourth-order valence-electron chi connectivity index (χ4n) is 2.56. The first-order valence-corrected chi connectivity index (χ1v) is 8.10. The molecule has 0 saturated heterocycles. The van der Waals surface area contributed by atoms with Gasteiger partial charge in [-0.25, -0.2) is 4.98 Å². The molecule has 3 heterocycles. The number of rotatable bonds is 5. The third-order valence-corrected chi connectivity index (χ3v) is 3.86. The summed E-state index contributed by atoms with van der Waals surface area (Å²) in [6, 6.07) is 15.2. The number of benzene rings is 1. The van der Waals surface area contributed by atoms with Crippen molar-refractivity contribution in [3.8, 4) is 11.9 Å². The summed E-state index contributed by atoms with van der Waals surface area (Å²) in [5.74, 6) is 1.46. The molecule has 2 aromatic heterocycles. The van der Waals surface area contributed by atoms with Crippen molar-refractivity contribution in [2.45, 2.75) is 6.54 Å². The van der Waals surface area contributed by atoms with Gasteiger partial charge in [0.2, 0.25) is 18.6 Å². The molecule has 0 amide bonds. The summed E-state index contributed by atoms with van der Waals surface area (Å²) >= 11 is 0. The number of anilines is 2. The summed E-state index contributed by atoms with van der Waals surface area (Å²) in [5, 5.41) is 13.4. The molecule has 9 nitrogen and oxygen atoms in total. The van der Waals surface area contributed by atoms with Crippen molar-refractivity contribution < 1.29 is 9.47 Å². The van der Waals surface area contributed by atoms with E-state index in [1.165, 1.54) is 17.1 Å². The van der Waals surface area contributed by atoms with Crippen LogP contribution in [0.1, 0.15) is 11.1 Å². The predicted molar refractivity (Wildman–Crippen MR) is 96.0 cm³/mol. The summed E-state index contributed by atoms with van der Waals surface area (Å²) in [4.78, 5) is 10.3. The van der Waals surface area contributed by atoms with Gasteiger partial charge in [-0.15, -0.1) is 5.10 Å². The first-order valence-electron chi connectivity index (χ1n) is 8.10. The largest absolute Gasteiger partial charge is 0.459 e. The van der Waals surface area contributed by atoms with Gasteiger partial charge in [0.25, 0.3) is 5.95 Å². The van der Waals surface area contributed by atoms with Gasteiger partial charge in [0.1, 0.15) is 12.3 Å². The van der Waals surface area contributed by atoms with Crippen LogP contribution in [0.15, 0.2) is 60.8 Å². The van der Waals surface area contributed by atoms with Gasteiger partial charge >= 0.3 is 0 Å². The molecular weight excluding hydrogens is 346 g/mol. The van der Waals surface area contributed by atoms with Crippen LogP contribution in [-0.2, 0) is 16.0 Å². The summed E-state index contributed by atoms with van der Waals surface area (Å²) in [6.07, 6.45) is 2.97. The second-order valence-electron chi connectivity index (χ2n) is 5.66. The van der Waals surface area contributed by atoms with Crippen molar-refractivity contribution in [3.05, 3.63) is 71.9 Å². The zero-order valence-electron chi connectivity index (χ0n) is 14.2. The lowest BCUT2D eigenvalue weighted by Gasteiger charge is -2.19. The number of nitriles is 1. The number of pyridine rings is 1. The Labute approximate surface area is 154 Å². The maximum atomic E-state index is 8.90. The Morgan fingerprint density at radius 2 is 2.07 bits per heavy atom. The van der Waals surface area contributed by atoms with Crippen molar-refractivity contribution in [1.29, 1.82) is 5.26 Å². The lowest BCUT2D eigenvalue weighted by atomic mass is 10.2. The molecule has 0 spiro atoms. The Balaban J connectivity index is 1.69. The third-order valence-electron chi connectivity index (χ3n) is 3.86. The second-order valence-corrected chi connectivity index (χ2v) is 5.66. The number of aromatic nitrogens is 4. The molecule has 9 heteroatoms. The minimum atomic E-state index is 0.133. The Morgan fingerprint density at radius 1 is 1.22 bits per heavy atom. The highest BCUT2D eigenvalue weighted by Gasteiger charge is 2.23. The standard InChI is InChI=1S/C18H15N7O2/c19-8-14-6-7-15(21-9-14)25-17(20)22-18(23-25)24(16-11-26-12-27-16)10-13-4-2-1-3-5-13/h1-7,9,11H,10,12H2,(H2,20,22,23). The van der Waals surface area contributed by atoms with Crippen LogP contribution in [0.5, 0.6) is 0 Å². The summed E-state index contributed by atoms with van der Waals surface area (Å²) in [5.41, 5.74) is 7.53. The molecule has 0 atom stereocenters. The molecule has 0 radical (unpaired) electrons. The van der Waals surface area contributed by atoms with Crippen molar-refractivity contribution in [2.75, 3.05) is 17.4 Å². The first kappa shape index (κ1) is 16.4. The van der Waals surface area contributed by atoms with E-state index in [0.29, 0.717) is 29.8 Å². The average molecular weight is 361 g/mol. The molecule has 0 bridgehead atoms. The number of hydrogen-bond donors (Lipinski definition) is 1. The van der Waals surface area contributed by atoms with Gasteiger partial charge < -0.3 is 15.2 Å². The van der Waals surface area contributed by atoms with Crippen molar-refractivity contribution in [3.63, 3.8) is 0 Å². The molecule has 3 aromatic rings. The summed E-state index contributed by atoms with van der Waals surface area (Å²) in [7, 11) is 0. The fourth-order valence-corrected chi connectivity index (χ4v) is 2.56. The molecule has 1 aliphatic rings. The van der Waals surface area contributed by atoms with Crippen LogP contribution in [-0.4, -0.2) is 26.5 Å². The number of hydrogen-bond acceptors (Lipinski definition) is 8. The highest BCUT2D eigenvalue weighted by atomic mass is 16.7. The number of nitrogens with zero attached hydrogens (tertiary/aromatic N) is 6. The van der Waals surface area contributed by atoms with Crippen LogP contribution in [0.2, 0.25) is 0 Å². The van der Waals surface area contributed by atoms with E-state index in [4.69, 9.17) is 20.5 Å². The van der Waals surface area contributed by atoms with Gasteiger partial charge in [0.15, 0.2) is 5.82 Å². The normalized spacial score (nSPS) is 12.6. The first-order chi connectivity index (χ1) is 13.2. The minimum Gasteiger partial charge on any atom is -0.459 e. The van der Waals surface area contributed by atoms with Crippen molar-refractivity contribution >= 4 is 11.9 Å². The average Bonchev–Trinajstić information content (AvgIpc) is 3.37. The lowest BCUT2D eigenvalue weighted by molar-refractivity contribution is 0.0780. The van der Waals surface area contributed by atoms with Gasteiger partial charge in [0, 0.05) is 6.20 Å². The number of ether oxygens (including phenoxy) is 2. The molecule has 1 aromatic carbocycles. The molecule has 0 saturated carbocycles. The summed E-state index contributed by atoms with van der Waals surface area (Å²) < 4.78 is 12.1. The lowest BCUT2D eigenvalue weighted by Crippen LogP contribution is -2.23. The van der Waals surface area contributed by atoms with Gasteiger partial charge in [-0.1, -0.05) is 30.3 Å². The molecule has 0 unspecified atom stereocenters. The van der Waals surface area contributed by atoms with Gasteiger partial charge in [-0.3, -0.25) is 4.90 Å². The highest BCUT2D eigenvalue weighted by Crippen LogP contribution is 2.24. The SMILES string of the molecule is N#Cc1ccc(-n2nc(N(Cc3ccccc3)C3=COCO3)nc2N)nc1. The van der Waals surface area contributed by atoms with Gasteiger partial charge in [0.05, 0.1) is 12.1 Å². The van der Waals surface area contributed by atoms with Crippen molar-refractivity contribution in [2.24, 2.45) is 0 Å². The van der Waals surface area contributed by atoms with E-state index >= 15 is 0 Å². The van der Waals surface area contributed by atoms with E-state index in [9.17, 15) is 0 Å². The van der Waals surface area contributed by atoms with E-state index < -0.39 is 0 Å². The predicted octanol–water partition coefficient (Wildman–Crippen LogP) is 1.93. The molecule has 2 N–H and O–H groups in total. The maximum Gasteiger partial charge on any atom is 0.254 e. The molecule has 134 valence electrons. The zero-order valence-corrected chi connectivity index (χ0v) is 14.2. The van der Waals surface area contributed by atoms with E-state index in [0.717, 1.165) is 5.56 Å². The number of nitrogens with two attached hydrogens (primary N) is 1. The molecule has 1 aliphatic heterocycles. The van der Waals surface area contributed by atoms with Crippen LogP contribution in [0.25, 0.3) is 5.82 Å². The topological polar surface area (TPSA) is 115 Å². The quantitative estimate of drug-likeness (QED) is 0.733. The fraction of sp³-hybridized carbons (Fsp3) is 0.111.